The van der Waals surface area contributed by atoms with Crippen molar-refractivity contribution in [3.63, 3.8) is 0 Å². The van der Waals surface area contributed by atoms with Crippen molar-refractivity contribution in [1.29, 1.82) is 0 Å². The molecule has 0 amide bonds. The third-order valence-corrected chi connectivity index (χ3v) is 4.31. The van der Waals surface area contributed by atoms with Crippen molar-refractivity contribution < 1.29 is 14.3 Å². The van der Waals surface area contributed by atoms with Crippen LogP contribution in [-0.2, 0) is 11.2 Å². The SMILES string of the molecule is CC(C)(C)c1nnc(CSc2ccc(Br)c(C(=O)O)c2)o1. The Hall–Kier alpha value is -1.34. The van der Waals surface area contributed by atoms with Gasteiger partial charge in [0.15, 0.2) is 0 Å². The predicted molar refractivity (Wildman–Crippen MR) is 83.7 cm³/mol. The van der Waals surface area contributed by atoms with E-state index >= 15 is 0 Å². The van der Waals surface area contributed by atoms with Gasteiger partial charge < -0.3 is 9.52 Å². The van der Waals surface area contributed by atoms with Crippen molar-refractivity contribution in [1.82, 2.24) is 10.2 Å². The molecule has 0 fully saturated rings. The number of hydrogen-bond donors (Lipinski definition) is 1. The van der Waals surface area contributed by atoms with Gasteiger partial charge in [-0.1, -0.05) is 20.8 Å². The van der Waals surface area contributed by atoms with Crippen LogP contribution in [0.1, 0.15) is 42.9 Å². The number of nitrogens with zero attached hydrogens (tertiary/aromatic N) is 2. The molecule has 0 atom stereocenters. The molecule has 5 nitrogen and oxygen atoms in total. The molecular formula is C14H15BrN2O3S. The van der Waals surface area contributed by atoms with Gasteiger partial charge in [-0.25, -0.2) is 4.79 Å². The molecule has 2 rings (SSSR count). The van der Waals surface area contributed by atoms with Crippen LogP contribution in [0.3, 0.4) is 0 Å². The summed E-state index contributed by atoms with van der Waals surface area (Å²) in [7, 11) is 0. The lowest BCUT2D eigenvalue weighted by Crippen LogP contribution is -2.11. The van der Waals surface area contributed by atoms with Gasteiger partial charge >= 0.3 is 5.97 Å². The van der Waals surface area contributed by atoms with Crippen LogP contribution in [0.2, 0.25) is 0 Å². The second-order valence-electron chi connectivity index (χ2n) is 5.49. The van der Waals surface area contributed by atoms with Gasteiger partial charge in [-0.2, -0.15) is 0 Å². The fourth-order valence-corrected chi connectivity index (χ4v) is 2.71. The van der Waals surface area contributed by atoms with Crippen LogP contribution >= 0.6 is 27.7 Å². The number of carbonyl (C=O) groups is 1. The Morgan fingerprint density at radius 1 is 1.38 bits per heavy atom. The Labute approximate surface area is 135 Å². The summed E-state index contributed by atoms with van der Waals surface area (Å²) >= 11 is 4.68. The van der Waals surface area contributed by atoms with E-state index in [1.54, 1.807) is 12.1 Å². The van der Waals surface area contributed by atoms with Gasteiger partial charge in [0.2, 0.25) is 11.8 Å². The molecule has 1 aromatic carbocycles. The Bertz CT molecular complexity index is 664. The highest BCUT2D eigenvalue weighted by atomic mass is 79.9. The van der Waals surface area contributed by atoms with E-state index in [1.807, 2.05) is 26.8 Å². The zero-order chi connectivity index (χ0) is 15.6. The number of thioether (sulfide) groups is 1. The molecule has 21 heavy (non-hydrogen) atoms. The van der Waals surface area contributed by atoms with Gasteiger partial charge in [-0.05, 0) is 34.1 Å². The number of aromatic carboxylic acids is 1. The van der Waals surface area contributed by atoms with Crippen molar-refractivity contribution >= 4 is 33.7 Å². The van der Waals surface area contributed by atoms with Gasteiger partial charge in [-0.15, -0.1) is 22.0 Å². The van der Waals surface area contributed by atoms with E-state index in [-0.39, 0.29) is 11.0 Å². The Kier molecular flexibility index (Phi) is 4.73. The summed E-state index contributed by atoms with van der Waals surface area (Å²) in [6, 6.07) is 5.19. The van der Waals surface area contributed by atoms with E-state index in [0.717, 1.165) is 4.90 Å². The maximum Gasteiger partial charge on any atom is 0.336 e. The van der Waals surface area contributed by atoms with Crippen molar-refractivity contribution in [3.8, 4) is 0 Å². The summed E-state index contributed by atoms with van der Waals surface area (Å²) in [5.74, 6) is 0.672. The molecule has 0 aliphatic carbocycles. The molecule has 0 unspecified atom stereocenters. The van der Waals surface area contributed by atoms with Crippen LogP contribution in [-0.4, -0.2) is 21.3 Å². The number of rotatable bonds is 4. The molecule has 7 heteroatoms. The minimum atomic E-state index is -0.961. The minimum absolute atomic E-state index is 0.177. The normalized spacial score (nSPS) is 11.6. The monoisotopic (exact) mass is 370 g/mol. The van der Waals surface area contributed by atoms with Crippen LogP contribution in [0.15, 0.2) is 32.0 Å². The summed E-state index contributed by atoms with van der Waals surface area (Å²) in [6.45, 7) is 6.02. The second kappa shape index (κ2) is 6.19. The fraction of sp³-hybridized carbons (Fsp3) is 0.357. The summed E-state index contributed by atoms with van der Waals surface area (Å²) in [5.41, 5.74) is 0.0604. The lowest BCUT2D eigenvalue weighted by Gasteiger charge is -2.10. The van der Waals surface area contributed by atoms with Crippen LogP contribution in [0.4, 0.5) is 0 Å². The molecule has 1 aromatic heterocycles. The highest BCUT2D eigenvalue weighted by Gasteiger charge is 2.21. The molecular weight excluding hydrogens is 356 g/mol. The first-order chi connectivity index (χ1) is 9.77. The molecule has 0 bridgehead atoms. The molecule has 0 aliphatic heterocycles. The van der Waals surface area contributed by atoms with Gasteiger partial charge in [0.05, 0.1) is 11.3 Å². The van der Waals surface area contributed by atoms with E-state index in [2.05, 4.69) is 26.1 Å². The van der Waals surface area contributed by atoms with E-state index < -0.39 is 5.97 Å². The Balaban J connectivity index is 2.08. The van der Waals surface area contributed by atoms with Crippen molar-refractivity contribution in [2.24, 2.45) is 0 Å². The fourth-order valence-electron chi connectivity index (χ4n) is 1.52. The molecule has 0 saturated heterocycles. The van der Waals surface area contributed by atoms with Crippen molar-refractivity contribution in [3.05, 3.63) is 40.0 Å². The van der Waals surface area contributed by atoms with Crippen LogP contribution in [0.5, 0.6) is 0 Å². The van der Waals surface area contributed by atoms with Gasteiger partial charge in [0, 0.05) is 14.8 Å². The number of aromatic nitrogens is 2. The summed E-state index contributed by atoms with van der Waals surface area (Å²) in [6.07, 6.45) is 0. The largest absolute Gasteiger partial charge is 0.478 e. The van der Waals surface area contributed by atoms with E-state index in [4.69, 9.17) is 9.52 Å². The number of carboxylic acids is 1. The number of carboxylic acid groups (broad SMARTS) is 1. The summed E-state index contributed by atoms with van der Waals surface area (Å²) in [5, 5.41) is 17.1. The molecule has 0 spiro atoms. The van der Waals surface area contributed by atoms with Crippen molar-refractivity contribution in [2.75, 3.05) is 0 Å². The van der Waals surface area contributed by atoms with E-state index in [0.29, 0.717) is 22.0 Å². The average Bonchev–Trinajstić information content (AvgIpc) is 2.86. The van der Waals surface area contributed by atoms with E-state index in [1.165, 1.54) is 11.8 Å². The smallest absolute Gasteiger partial charge is 0.336 e. The zero-order valence-corrected chi connectivity index (χ0v) is 14.3. The highest BCUT2D eigenvalue weighted by molar-refractivity contribution is 9.10. The molecule has 2 aromatic rings. The first kappa shape index (κ1) is 16.0. The van der Waals surface area contributed by atoms with Crippen LogP contribution in [0, 0.1) is 0 Å². The molecule has 1 heterocycles. The molecule has 0 radical (unpaired) electrons. The third-order valence-electron chi connectivity index (χ3n) is 2.64. The first-order valence-electron chi connectivity index (χ1n) is 6.26. The van der Waals surface area contributed by atoms with Gasteiger partial charge in [-0.3, -0.25) is 0 Å². The lowest BCUT2D eigenvalue weighted by atomic mass is 9.97. The minimum Gasteiger partial charge on any atom is -0.478 e. The number of halogens is 1. The third kappa shape index (κ3) is 4.07. The Morgan fingerprint density at radius 3 is 2.67 bits per heavy atom. The van der Waals surface area contributed by atoms with Crippen LogP contribution < -0.4 is 0 Å². The average molecular weight is 371 g/mol. The van der Waals surface area contributed by atoms with Gasteiger partial charge in [0.1, 0.15) is 0 Å². The number of benzene rings is 1. The molecule has 0 aliphatic rings. The maximum atomic E-state index is 11.1. The molecule has 1 N–H and O–H groups in total. The molecule has 112 valence electrons. The predicted octanol–water partition coefficient (Wildman–Crippen LogP) is 4.12. The topological polar surface area (TPSA) is 76.2 Å². The maximum absolute atomic E-state index is 11.1. The zero-order valence-electron chi connectivity index (χ0n) is 11.9. The number of hydrogen-bond acceptors (Lipinski definition) is 5. The summed E-state index contributed by atoms with van der Waals surface area (Å²) in [4.78, 5) is 11.9. The van der Waals surface area contributed by atoms with E-state index in [9.17, 15) is 4.79 Å². The first-order valence-corrected chi connectivity index (χ1v) is 8.04. The lowest BCUT2D eigenvalue weighted by molar-refractivity contribution is 0.0695. The van der Waals surface area contributed by atoms with Gasteiger partial charge in [0.25, 0.3) is 0 Å². The highest BCUT2D eigenvalue weighted by Crippen LogP contribution is 2.28. The second-order valence-corrected chi connectivity index (χ2v) is 7.39. The quantitative estimate of drug-likeness (QED) is 0.815. The standard InChI is InChI=1S/C14H15BrN2O3S/c1-14(2,3)13-17-16-11(20-13)7-21-8-4-5-10(15)9(6-8)12(18)19/h4-6H,7H2,1-3H3,(H,18,19). The Morgan fingerprint density at radius 2 is 2.10 bits per heavy atom. The summed E-state index contributed by atoms with van der Waals surface area (Å²) < 4.78 is 6.16. The van der Waals surface area contributed by atoms with Crippen LogP contribution in [0.25, 0.3) is 0 Å². The molecule has 0 saturated carbocycles. The van der Waals surface area contributed by atoms with Crippen molar-refractivity contribution in [2.45, 2.75) is 36.8 Å².